The lowest BCUT2D eigenvalue weighted by Crippen LogP contribution is -2.36. The number of thioether (sulfide) groups is 1. The first-order valence-electron chi connectivity index (χ1n) is 15.0. The van der Waals surface area contributed by atoms with Crippen molar-refractivity contribution < 1.29 is 38.2 Å². The molecule has 242 valence electrons. The molecule has 2 heterocycles. The predicted octanol–water partition coefficient (Wildman–Crippen LogP) is 0.836. The first-order valence-corrected chi connectivity index (χ1v) is 16.0. The SMILES string of the molecule is [N-]=[N+]=Cc1cc(C(N)=O)cc(C(=O)NCCCOCCOCCOCCCNC(=O)CCCC[C@@H]2SC[C@@H]3NC(=O)N[C@@H]32)c1. The number of carbonyl (C=O) groups is 4. The van der Waals surface area contributed by atoms with Crippen molar-refractivity contribution >= 4 is 41.7 Å². The maximum Gasteiger partial charge on any atom is 0.315 e. The topological polar surface area (TPSA) is 207 Å². The molecule has 5 amide bonds. The van der Waals surface area contributed by atoms with Gasteiger partial charge >= 0.3 is 6.03 Å². The molecule has 44 heavy (non-hydrogen) atoms. The van der Waals surface area contributed by atoms with E-state index in [0.717, 1.165) is 37.7 Å². The lowest BCUT2D eigenvalue weighted by molar-refractivity contribution is -0.121. The van der Waals surface area contributed by atoms with Crippen LogP contribution in [0.4, 0.5) is 4.79 Å². The van der Waals surface area contributed by atoms with E-state index in [9.17, 15) is 19.2 Å². The number of rotatable bonds is 22. The molecule has 1 aromatic rings. The summed E-state index contributed by atoms with van der Waals surface area (Å²) in [5, 5.41) is 12.0. The third-order valence-corrected chi connectivity index (χ3v) is 8.58. The first kappa shape index (κ1) is 35.0. The second-order valence-electron chi connectivity index (χ2n) is 10.5. The minimum absolute atomic E-state index is 0.0572. The van der Waals surface area contributed by atoms with Gasteiger partial charge in [0.1, 0.15) is 0 Å². The van der Waals surface area contributed by atoms with Crippen LogP contribution in [0, 0.1) is 0 Å². The number of hydrogen-bond acceptors (Lipinski definition) is 8. The lowest BCUT2D eigenvalue weighted by atomic mass is 10.0. The Morgan fingerprint density at radius 2 is 1.59 bits per heavy atom. The second-order valence-corrected chi connectivity index (χ2v) is 11.7. The first-order chi connectivity index (χ1) is 21.4. The number of benzene rings is 1. The van der Waals surface area contributed by atoms with Crippen molar-refractivity contribution in [1.29, 1.82) is 0 Å². The number of hydrogen-bond donors (Lipinski definition) is 5. The Kier molecular flexibility index (Phi) is 15.7. The van der Waals surface area contributed by atoms with Gasteiger partial charge in [0.2, 0.25) is 11.8 Å². The number of ether oxygens (including phenoxy) is 3. The summed E-state index contributed by atoms with van der Waals surface area (Å²) in [5.74, 6) is -0.0591. The van der Waals surface area contributed by atoms with E-state index in [2.05, 4.69) is 26.1 Å². The largest absolute Gasteiger partial charge is 0.379 e. The van der Waals surface area contributed by atoms with Gasteiger partial charge in [-0.2, -0.15) is 16.6 Å². The number of fused-ring (bicyclic) bond motifs is 1. The summed E-state index contributed by atoms with van der Waals surface area (Å²) in [7, 11) is 0. The summed E-state index contributed by atoms with van der Waals surface area (Å²) >= 11 is 1.89. The Balaban J connectivity index is 1.07. The maximum absolute atomic E-state index is 12.4. The fourth-order valence-corrected chi connectivity index (χ4v) is 6.39. The number of nitrogens with two attached hydrogens (primary N) is 1. The molecule has 2 aliphatic rings. The average molecular weight is 634 g/mol. The number of nitrogens with one attached hydrogen (secondary N) is 4. The Bertz CT molecular complexity index is 1140. The van der Waals surface area contributed by atoms with Gasteiger partial charge in [0.05, 0.1) is 44.1 Å². The Morgan fingerprint density at radius 1 is 0.932 bits per heavy atom. The molecule has 0 saturated carbocycles. The van der Waals surface area contributed by atoms with Gasteiger partial charge in [-0.3, -0.25) is 14.4 Å². The quantitative estimate of drug-likeness (QED) is 0.0405. The van der Waals surface area contributed by atoms with Crippen molar-refractivity contribution in [3.63, 3.8) is 0 Å². The summed E-state index contributed by atoms with van der Waals surface area (Å²) in [5.41, 5.74) is 14.8. The van der Waals surface area contributed by atoms with Crippen LogP contribution in [0.1, 0.15) is 64.8 Å². The van der Waals surface area contributed by atoms with E-state index in [0.29, 0.717) is 76.4 Å². The molecule has 1 aromatic carbocycles. The van der Waals surface area contributed by atoms with Crippen LogP contribution < -0.4 is 27.0 Å². The minimum atomic E-state index is -0.689. The molecule has 6 N–H and O–H groups in total. The van der Waals surface area contributed by atoms with Crippen LogP contribution >= 0.6 is 11.8 Å². The molecule has 3 atom stereocenters. The van der Waals surface area contributed by atoms with Crippen LogP contribution in [0.25, 0.3) is 5.53 Å². The molecule has 0 bridgehead atoms. The van der Waals surface area contributed by atoms with Crippen LogP contribution in [0.3, 0.4) is 0 Å². The average Bonchev–Trinajstić information content (AvgIpc) is 3.56. The van der Waals surface area contributed by atoms with Gasteiger partial charge in [-0.25, -0.2) is 4.79 Å². The molecule has 2 aliphatic heterocycles. The number of unbranched alkanes of at least 4 members (excludes halogenated alkanes) is 1. The smallest absolute Gasteiger partial charge is 0.315 e. The molecule has 2 fully saturated rings. The van der Waals surface area contributed by atoms with Crippen molar-refractivity contribution in [1.82, 2.24) is 21.3 Å². The predicted molar refractivity (Wildman–Crippen MR) is 165 cm³/mol. The van der Waals surface area contributed by atoms with Crippen molar-refractivity contribution in [2.45, 2.75) is 55.9 Å². The third-order valence-electron chi connectivity index (χ3n) is 7.07. The van der Waals surface area contributed by atoms with Gasteiger partial charge < -0.3 is 46.7 Å². The standard InChI is InChI=1S/C29H43N7O7S/c30-27(38)21-15-20(18-34-31)16-22(17-21)28(39)33-8-4-10-42-12-14-43-13-11-41-9-3-7-32-25(37)6-2-1-5-24-26-23(19-44-24)35-29(40)36-26/h15-18,23-24,26H,1-14,19H2,(H2,30,38)(H,32,37)(H,33,39)(H2,35,36,40)/t23-,24-,26-/m0/s1. The Hall–Kier alpha value is -3.49. The van der Waals surface area contributed by atoms with Crippen LogP contribution in [0.5, 0.6) is 0 Å². The molecule has 2 saturated heterocycles. The molecule has 15 heteroatoms. The highest BCUT2D eigenvalue weighted by Crippen LogP contribution is 2.33. The number of urea groups is 1. The highest BCUT2D eigenvalue weighted by Gasteiger charge is 2.42. The van der Waals surface area contributed by atoms with Gasteiger partial charge in [-0.1, -0.05) is 6.42 Å². The van der Waals surface area contributed by atoms with Crippen LogP contribution in [-0.4, -0.2) is 111 Å². The van der Waals surface area contributed by atoms with Crippen LogP contribution in [0.15, 0.2) is 18.2 Å². The number of primary amides is 1. The van der Waals surface area contributed by atoms with Crippen molar-refractivity contribution in [3.8, 4) is 0 Å². The summed E-state index contributed by atoms with van der Waals surface area (Å²) < 4.78 is 16.5. The highest BCUT2D eigenvalue weighted by atomic mass is 32.2. The normalized spacial score (nSPS) is 18.5. The lowest BCUT2D eigenvalue weighted by Gasteiger charge is -2.16. The monoisotopic (exact) mass is 633 g/mol. The van der Waals surface area contributed by atoms with E-state index < -0.39 is 5.91 Å². The molecule has 3 rings (SSSR count). The molecule has 0 radical (unpaired) electrons. The van der Waals surface area contributed by atoms with Gasteiger partial charge in [-0.15, -0.1) is 0 Å². The zero-order valence-corrected chi connectivity index (χ0v) is 25.7. The minimum Gasteiger partial charge on any atom is -0.379 e. The number of carbonyl (C=O) groups excluding carboxylic acids is 4. The van der Waals surface area contributed by atoms with E-state index in [1.54, 1.807) is 0 Å². The zero-order chi connectivity index (χ0) is 31.6. The molecular weight excluding hydrogens is 590 g/mol. The number of amides is 5. The van der Waals surface area contributed by atoms with Gasteiger partial charge in [0.25, 0.3) is 12.1 Å². The van der Waals surface area contributed by atoms with Crippen LogP contribution in [-0.2, 0) is 19.0 Å². The summed E-state index contributed by atoms with van der Waals surface area (Å²) in [6, 6.07) is 4.69. The summed E-state index contributed by atoms with van der Waals surface area (Å²) in [4.78, 5) is 50.2. The fourth-order valence-electron chi connectivity index (χ4n) is 4.85. The Morgan fingerprint density at radius 3 is 2.27 bits per heavy atom. The van der Waals surface area contributed by atoms with E-state index in [4.69, 9.17) is 25.5 Å². The van der Waals surface area contributed by atoms with Gasteiger partial charge in [0, 0.05) is 54.9 Å². The Labute approximate surface area is 261 Å². The summed E-state index contributed by atoms with van der Waals surface area (Å²) in [6.07, 6.45) is 5.76. The maximum atomic E-state index is 12.4. The van der Waals surface area contributed by atoms with Gasteiger partial charge in [0.15, 0.2) is 0 Å². The van der Waals surface area contributed by atoms with E-state index in [1.807, 2.05) is 11.8 Å². The molecule has 14 nitrogen and oxygen atoms in total. The summed E-state index contributed by atoms with van der Waals surface area (Å²) in [6.45, 7) is 3.67. The van der Waals surface area contributed by atoms with Crippen molar-refractivity contribution in [2.75, 3.05) is 58.5 Å². The van der Waals surface area contributed by atoms with E-state index in [-0.39, 0.29) is 41.1 Å². The van der Waals surface area contributed by atoms with E-state index >= 15 is 0 Å². The third kappa shape index (κ3) is 12.6. The van der Waals surface area contributed by atoms with Crippen molar-refractivity contribution in [2.24, 2.45) is 5.73 Å². The second kappa shape index (κ2) is 19.7. The van der Waals surface area contributed by atoms with E-state index in [1.165, 1.54) is 18.2 Å². The molecule has 0 spiro atoms. The molecule has 0 aliphatic carbocycles. The van der Waals surface area contributed by atoms with Crippen molar-refractivity contribution in [3.05, 3.63) is 40.4 Å². The van der Waals surface area contributed by atoms with Gasteiger partial charge in [-0.05, 0) is 43.9 Å². The molecule has 0 unspecified atom stereocenters. The molecule has 0 aromatic heterocycles. The zero-order valence-electron chi connectivity index (χ0n) is 24.9. The highest BCUT2D eigenvalue weighted by molar-refractivity contribution is 8.00. The number of nitrogens with zero attached hydrogens (tertiary/aromatic N) is 2. The molecular formula is C29H43N7O7S. The van der Waals surface area contributed by atoms with Crippen LogP contribution in [0.2, 0.25) is 0 Å². The fraction of sp³-hybridized carbons (Fsp3) is 0.621.